The van der Waals surface area contributed by atoms with Gasteiger partial charge in [0.25, 0.3) is 0 Å². The van der Waals surface area contributed by atoms with Crippen LogP contribution >= 0.6 is 0 Å². The van der Waals surface area contributed by atoms with Gasteiger partial charge in [-0.25, -0.2) is 0 Å². The highest BCUT2D eigenvalue weighted by molar-refractivity contribution is 5.81. The molecule has 0 atom stereocenters. The predicted octanol–water partition coefficient (Wildman–Crippen LogP) is 7.15. The van der Waals surface area contributed by atoms with Crippen LogP contribution in [0.3, 0.4) is 0 Å². The van der Waals surface area contributed by atoms with Crippen LogP contribution in [0.1, 0.15) is 109 Å². The number of Topliss-reactive ketones (excluding diaryl/α,β-unsaturated/α-hetero) is 1. The highest BCUT2D eigenvalue weighted by atomic mass is 16.4. The summed E-state index contributed by atoms with van der Waals surface area (Å²) < 4.78 is 0. The van der Waals surface area contributed by atoms with Crippen molar-refractivity contribution >= 4 is 11.8 Å². The maximum atomic E-state index is 11.6. The van der Waals surface area contributed by atoms with E-state index in [1.165, 1.54) is 43.2 Å². The molecule has 3 nitrogen and oxygen atoms in total. The molecule has 0 bridgehead atoms. The zero-order chi connectivity index (χ0) is 22.0. The minimum absolute atomic E-state index is 0.163. The summed E-state index contributed by atoms with van der Waals surface area (Å²) in [7, 11) is 0. The Bertz CT molecular complexity index is 642. The van der Waals surface area contributed by atoms with Crippen molar-refractivity contribution < 1.29 is 14.7 Å². The van der Waals surface area contributed by atoms with Crippen molar-refractivity contribution in [3.63, 3.8) is 0 Å². The van der Waals surface area contributed by atoms with E-state index in [-0.39, 0.29) is 10.8 Å². The Morgan fingerprint density at radius 1 is 0.900 bits per heavy atom. The molecule has 168 valence electrons. The fraction of sp³-hybridized carbons (Fsp3) is 0.704. The van der Waals surface area contributed by atoms with Crippen LogP contribution in [0, 0.1) is 10.8 Å². The summed E-state index contributed by atoms with van der Waals surface area (Å²) in [4.78, 5) is 22.8. The van der Waals surface area contributed by atoms with E-state index in [1.807, 2.05) is 0 Å². The topological polar surface area (TPSA) is 54.4 Å². The Hall–Kier alpha value is -1.64. The maximum Gasteiger partial charge on any atom is 0.309 e. The number of aryl methyl sites for hydroxylation is 2. The molecule has 1 fully saturated rings. The molecule has 1 N–H and O–H groups in total. The molecule has 0 unspecified atom stereocenters. The zero-order valence-corrected chi connectivity index (χ0v) is 19.5. The summed E-state index contributed by atoms with van der Waals surface area (Å²) in [6, 6.07) is 9.02. The smallest absolute Gasteiger partial charge is 0.309 e. The first-order valence-corrected chi connectivity index (χ1v) is 12.1. The molecule has 1 aliphatic carbocycles. The van der Waals surface area contributed by atoms with E-state index < -0.39 is 5.97 Å². The third-order valence-corrected chi connectivity index (χ3v) is 7.14. The molecule has 0 spiro atoms. The molecule has 0 radical (unpaired) electrons. The van der Waals surface area contributed by atoms with Gasteiger partial charge in [0.05, 0.1) is 5.41 Å². The summed E-state index contributed by atoms with van der Waals surface area (Å²) in [6.45, 7) is 5.82. The number of carbonyl (C=O) groups is 2. The molecule has 0 heterocycles. The van der Waals surface area contributed by atoms with Crippen molar-refractivity contribution in [3.05, 3.63) is 35.4 Å². The molecule has 30 heavy (non-hydrogen) atoms. The Morgan fingerprint density at radius 2 is 1.43 bits per heavy atom. The van der Waals surface area contributed by atoms with Gasteiger partial charge < -0.3 is 5.11 Å². The summed E-state index contributed by atoms with van der Waals surface area (Å²) in [5.41, 5.74) is 2.36. The molecule has 2 rings (SSSR count). The number of ketones is 1. The lowest BCUT2D eigenvalue weighted by molar-refractivity contribution is -0.143. The lowest BCUT2D eigenvalue weighted by Crippen LogP contribution is -2.20. The van der Waals surface area contributed by atoms with Gasteiger partial charge in [-0.1, -0.05) is 76.6 Å². The normalized spacial score (nSPS) is 15.2. The van der Waals surface area contributed by atoms with E-state index in [0.29, 0.717) is 5.78 Å². The zero-order valence-electron chi connectivity index (χ0n) is 19.5. The number of benzene rings is 1. The van der Waals surface area contributed by atoms with Crippen molar-refractivity contribution in [2.24, 2.45) is 10.8 Å². The van der Waals surface area contributed by atoms with Crippen molar-refractivity contribution in [3.8, 4) is 0 Å². The first-order valence-electron chi connectivity index (χ1n) is 12.1. The Balaban J connectivity index is 1.55. The minimum atomic E-state index is -0.584. The van der Waals surface area contributed by atoms with E-state index in [9.17, 15) is 14.7 Å². The average molecular weight is 415 g/mol. The lowest BCUT2D eigenvalue weighted by Gasteiger charge is -2.20. The monoisotopic (exact) mass is 414 g/mol. The van der Waals surface area contributed by atoms with E-state index in [4.69, 9.17) is 0 Å². The first-order chi connectivity index (χ1) is 14.3. The van der Waals surface area contributed by atoms with Gasteiger partial charge in [0.1, 0.15) is 5.78 Å². The quantitative estimate of drug-likeness (QED) is 0.292. The third-order valence-electron chi connectivity index (χ3n) is 7.14. The van der Waals surface area contributed by atoms with Crippen LogP contribution in [0.4, 0.5) is 0 Å². The summed E-state index contributed by atoms with van der Waals surface area (Å²) in [5.74, 6) is -0.286. The number of rotatable bonds is 16. The van der Waals surface area contributed by atoms with Gasteiger partial charge in [-0.15, -0.1) is 0 Å². The number of carbonyl (C=O) groups excluding carboxylic acids is 1. The van der Waals surface area contributed by atoms with Gasteiger partial charge in [-0.05, 0) is 69.4 Å². The molecule has 0 amide bonds. The van der Waals surface area contributed by atoms with E-state index >= 15 is 0 Å². The van der Waals surface area contributed by atoms with Crippen molar-refractivity contribution in [2.45, 2.75) is 111 Å². The minimum Gasteiger partial charge on any atom is -0.481 e. The van der Waals surface area contributed by atoms with Gasteiger partial charge in [0, 0.05) is 5.41 Å². The van der Waals surface area contributed by atoms with Crippen molar-refractivity contribution in [1.29, 1.82) is 0 Å². The molecule has 1 aliphatic rings. The number of aliphatic carboxylic acids is 1. The maximum absolute atomic E-state index is 11.6. The van der Waals surface area contributed by atoms with Crippen LogP contribution < -0.4 is 0 Å². The van der Waals surface area contributed by atoms with Crippen molar-refractivity contribution in [1.82, 2.24) is 0 Å². The van der Waals surface area contributed by atoms with Crippen LogP contribution in [0.5, 0.6) is 0 Å². The summed E-state index contributed by atoms with van der Waals surface area (Å²) in [6.07, 6.45) is 15.3. The SMILES string of the molecule is CC(=O)C(C)(C)CCCCCCc1cccc(CCCCCCC2(C(=O)O)CC2)c1. The lowest BCUT2D eigenvalue weighted by atomic mass is 9.83. The van der Waals surface area contributed by atoms with Gasteiger partial charge >= 0.3 is 5.97 Å². The van der Waals surface area contributed by atoms with Gasteiger partial charge in [-0.2, -0.15) is 0 Å². The second kappa shape index (κ2) is 11.7. The number of carboxylic acids is 1. The van der Waals surface area contributed by atoms with Crippen molar-refractivity contribution in [2.75, 3.05) is 0 Å². The highest BCUT2D eigenvalue weighted by Crippen LogP contribution is 2.50. The second-order valence-electron chi connectivity index (χ2n) is 10.2. The number of unbranched alkanes of at least 4 members (excludes halogenated alkanes) is 6. The van der Waals surface area contributed by atoms with Crippen LogP contribution in [-0.2, 0) is 22.4 Å². The number of hydrogen-bond donors (Lipinski definition) is 1. The summed E-state index contributed by atoms with van der Waals surface area (Å²) in [5, 5.41) is 9.22. The second-order valence-corrected chi connectivity index (χ2v) is 10.2. The molecule has 0 aliphatic heterocycles. The van der Waals surface area contributed by atoms with Gasteiger partial charge in [0.15, 0.2) is 0 Å². The fourth-order valence-electron chi connectivity index (χ4n) is 4.23. The van der Waals surface area contributed by atoms with Crippen LogP contribution in [0.15, 0.2) is 24.3 Å². The third kappa shape index (κ3) is 8.24. The Morgan fingerprint density at radius 3 is 1.93 bits per heavy atom. The van der Waals surface area contributed by atoms with E-state index in [0.717, 1.165) is 57.8 Å². The predicted molar refractivity (Wildman–Crippen MR) is 124 cm³/mol. The van der Waals surface area contributed by atoms with Gasteiger partial charge in [-0.3, -0.25) is 9.59 Å². The molecule has 0 aromatic heterocycles. The molecule has 0 saturated heterocycles. The standard InChI is InChI=1S/C27H42O3/c1-22(28)26(2,3)17-10-6-4-8-13-23-15-12-16-24(21-23)14-9-5-7-11-18-27(19-20-27)25(29)30/h12,15-16,21H,4-11,13-14,17-20H2,1-3H3,(H,29,30). The number of hydrogen-bond acceptors (Lipinski definition) is 2. The largest absolute Gasteiger partial charge is 0.481 e. The van der Waals surface area contributed by atoms with E-state index in [2.05, 4.69) is 38.1 Å². The number of carboxylic acid groups (broad SMARTS) is 1. The molecule has 1 aromatic rings. The molecule has 1 saturated carbocycles. The Labute approximate surface area is 183 Å². The van der Waals surface area contributed by atoms with Crippen LogP contribution in [0.2, 0.25) is 0 Å². The van der Waals surface area contributed by atoms with Gasteiger partial charge in [0.2, 0.25) is 0 Å². The molecule has 3 heteroatoms. The van der Waals surface area contributed by atoms with Crippen LogP contribution in [-0.4, -0.2) is 16.9 Å². The highest BCUT2D eigenvalue weighted by Gasteiger charge is 2.49. The Kier molecular flexibility index (Phi) is 9.58. The fourth-order valence-corrected chi connectivity index (χ4v) is 4.23. The average Bonchev–Trinajstić information content (AvgIpc) is 3.49. The molecular weight excluding hydrogens is 372 g/mol. The van der Waals surface area contributed by atoms with Crippen LogP contribution in [0.25, 0.3) is 0 Å². The first kappa shape index (κ1) is 24.6. The molecular formula is C27H42O3. The van der Waals surface area contributed by atoms with E-state index in [1.54, 1.807) is 6.92 Å². The summed E-state index contributed by atoms with van der Waals surface area (Å²) >= 11 is 0. The molecule has 1 aromatic carbocycles.